The fraction of sp³-hybridized carbons (Fsp3) is 0.450. The van der Waals surface area contributed by atoms with Crippen molar-refractivity contribution in [3.8, 4) is 0 Å². The number of hydrogen-bond acceptors (Lipinski definition) is 4. The van der Waals surface area contributed by atoms with Gasteiger partial charge in [0.25, 0.3) is 0 Å². The zero-order valence-corrected chi connectivity index (χ0v) is 18.9. The number of benzene rings is 1. The zero-order chi connectivity index (χ0) is 20.5. The summed E-state index contributed by atoms with van der Waals surface area (Å²) in [5.41, 5.74) is 1.83. The fourth-order valence-corrected chi connectivity index (χ4v) is 4.83. The van der Waals surface area contributed by atoms with E-state index in [0.717, 1.165) is 17.1 Å². The maximum atomic E-state index is 12.8. The van der Waals surface area contributed by atoms with Gasteiger partial charge in [0.1, 0.15) is 0 Å². The first-order chi connectivity index (χ1) is 13.1. The summed E-state index contributed by atoms with van der Waals surface area (Å²) in [6.45, 7) is 13.0. The highest BCUT2D eigenvalue weighted by atomic mass is 35.5. The minimum atomic E-state index is -1.34. The lowest BCUT2D eigenvalue weighted by Crippen LogP contribution is -2.55. The molecule has 0 saturated carbocycles. The fourth-order valence-electron chi connectivity index (χ4n) is 3.46. The van der Waals surface area contributed by atoms with Crippen LogP contribution in [0.1, 0.15) is 12.5 Å². The van der Waals surface area contributed by atoms with Crippen molar-refractivity contribution in [1.29, 1.82) is 0 Å². The molecule has 1 saturated heterocycles. The highest BCUT2D eigenvalue weighted by Gasteiger charge is 2.29. The Morgan fingerprint density at radius 3 is 2.43 bits per heavy atom. The van der Waals surface area contributed by atoms with Gasteiger partial charge >= 0.3 is 6.03 Å². The van der Waals surface area contributed by atoms with Gasteiger partial charge in [-0.15, -0.1) is 10.2 Å². The predicted molar refractivity (Wildman–Crippen MR) is 119 cm³/mol. The minimum absolute atomic E-state index is 0.0619. The Morgan fingerprint density at radius 1 is 1.18 bits per heavy atom. The highest BCUT2D eigenvalue weighted by Crippen LogP contribution is 2.22. The normalized spacial score (nSPS) is 17.6. The lowest BCUT2D eigenvalue weighted by Gasteiger charge is -2.40. The van der Waals surface area contributed by atoms with Gasteiger partial charge in [0, 0.05) is 31.4 Å². The number of aryl methyl sites for hydroxylation is 1. The molecule has 1 aliphatic heterocycles. The lowest BCUT2D eigenvalue weighted by molar-refractivity contribution is 0.184. The molecule has 2 heterocycles. The van der Waals surface area contributed by atoms with Gasteiger partial charge < -0.3 is 15.1 Å². The third-order valence-corrected chi connectivity index (χ3v) is 7.37. The van der Waals surface area contributed by atoms with Gasteiger partial charge in [0.15, 0.2) is 11.0 Å². The summed E-state index contributed by atoms with van der Waals surface area (Å²) in [6.07, 6.45) is 0. The Bertz CT molecular complexity index is 853. The number of halogens is 1. The number of hydrogen-bond donors (Lipinski definition) is 1. The number of urea groups is 1. The molecule has 0 radical (unpaired) electrons. The molecular formula is C20H28ClN5OSi. The van der Waals surface area contributed by atoms with Gasteiger partial charge in [-0.3, -0.25) is 0 Å². The zero-order valence-electron chi connectivity index (χ0n) is 17.2. The van der Waals surface area contributed by atoms with Crippen LogP contribution in [0.2, 0.25) is 24.8 Å². The maximum Gasteiger partial charge on any atom is 0.322 e. The summed E-state index contributed by atoms with van der Waals surface area (Å²) in [6, 6.07) is 10.1. The minimum Gasteiger partial charge on any atom is -0.351 e. The Balaban J connectivity index is 1.63. The average molecular weight is 418 g/mol. The van der Waals surface area contributed by atoms with E-state index in [1.807, 2.05) is 30.0 Å². The van der Waals surface area contributed by atoms with Crippen molar-refractivity contribution in [3.63, 3.8) is 0 Å². The van der Waals surface area contributed by atoms with Crippen LogP contribution in [0.25, 0.3) is 0 Å². The van der Waals surface area contributed by atoms with Gasteiger partial charge in [-0.1, -0.05) is 48.6 Å². The number of nitrogens with one attached hydrogen (secondary N) is 1. The molecule has 6 nitrogen and oxygen atoms in total. The van der Waals surface area contributed by atoms with Crippen LogP contribution >= 0.6 is 11.6 Å². The largest absolute Gasteiger partial charge is 0.351 e. The predicted octanol–water partition coefficient (Wildman–Crippen LogP) is 3.73. The molecule has 8 heteroatoms. The molecule has 1 aromatic carbocycles. The summed E-state index contributed by atoms with van der Waals surface area (Å²) in [4.78, 5) is 16.8. The van der Waals surface area contributed by atoms with E-state index in [1.165, 1.54) is 5.19 Å². The molecule has 1 aliphatic rings. The molecule has 28 heavy (non-hydrogen) atoms. The SMILES string of the molecule is Cc1cc(Cl)nnc1N1CCN(C(=O)Nc2ccc([Si](C)(C)C)cc2)C(C)C1. The van der Waals surface area contributed by atoms with Gasteiger partial charge in [0.2, 0.25) is 0 Å². The van der Waals surface area contributed by atoms with Crippen molar-refractivity contribution >= 4 is 42.4 Å². The van der Waals surface area contributed by atoms with Crippen LogP contribution in [0.3, 0.4) is 0 Å². The molecule has 1 unspecified atom stereocenters. The summed E-state index contributed by atoms with van der Waals surface area (Å²) in [5.74, 6) is 0.832. The van der Waals surface area contributed by atoms with Gasteiger partial charge in [-0.05, 0) is 37.6 Å². The Labute approximate surface area is 172 Å². The van der Waals surface area contributed by atoms with Crippen LogP contribution in [-0.2, 0) is 0 Å². The Kier molecular flexibility index (Phi) is 5.95. The van der Waals surface area contributed by atoms with E-state index in [2.05, 4.69) is 59.1 Å². The first-order valence-corrected chi connectivity index (χ1v) is 13.5. The third-order valence-electron chi connectivity index (χ3n) is 5.12. The summed E-state index contributed by atoms with van der Waals surface area (Å²) >= 11 is 5.91. The number of carbonyl (C=O) groups is 1. The smallest absolute Gasteiger partial charge is 0.322 e. The first kappa shape index (κ1) is 20.6. The maximum absolute atomic E-state index is 12.8. The number of piperazine rings is 1. The average Bonchev–Trinajstić information content (AvgIpc) is 2.61. The molecule has 1 atom stereocenters. The molecule has 2 amide bonds. The summed E-state index contributed by atoms with van der Waals surface area (Å²) in [7, 11) is -1.34. The van der Waals surface area contributed by atoms with Gasteiger partial charge in [-0.2, -0.15) is 0 Å². The molecule has 0 aliphatic carbocycles. The number of aromatic nitrogens is 2. The van der Waals surface area contributed by atoms with E-state index in [1.54, 1.807) is 0 Å². The quantitative estimate of drug-likeness (QED) is 0.773. The molecule has 1 N–H and O–H groups in total. The van der Waals surface area contributed by atoms with Crippen LogP contribution in [0.5, 0.6) is 0 Å². The van der Waals surface area contributed by atoms with E-state index < -0.39 is 8.07 Å². The number of carbonyl (C=O) groups excluding carboxylic acids is 1. The highest BCUT2D eigenvalue weighted by molar-refractivity contribution is 6.88. The second-order valence-electron chi connectivity index (χ2n) is 8.42. The monoisotopic (exact) mass is 417 g/mol. The van der Waals surface area contributed by atoms with Crippen molar-refractivity contribution in [3.05, 3.63) is 41.0 Å². The molecule has 0 bridgehead atoms. The topological polar surface area (TPSA) is 61.4 Å². The van der Waals surface area contributed by atoms with Gasteiger partial charge in [0.05, 0.1) is 8.07 Å². The van der Waals surface area contributed by atoms with E-state index in [-0.39, 0.29) is 12.1 Å². The first-order valence-electron chi connectivity index (χ1n) is 9.58. The van der Waals surface area contributed by atoms with E-state index in [0.29, 0.717) is 24.8 Å². The van der Waals surface area contributed by atoms with E-state index >= 15 is 0 Å². The van der Waals surface area contributed by atoms with E-state index in [4.69, 9.17) is 11.6 Å². The van der Waals surface area contributed by atoms with Crippen LogP contribution in [0.4, 0.5) is 16.3 Å². The number of rotatable bonds is 3. The Hall–Kier alpha value is -2.12. The van der Waals surface area contributed by atoms with Crippen LogP contribution in [-0.4, -0.2) is 54.9 Å². The lowest BCUT2D eigenvalue weighted by atomic mass is 10.2. The van der Waals surface area contributed by atoms with Crippen molar-refractivity contribution in [2.24, 2.45) is 0 Å². The van der Waals surface area contributed by atoms with Crippen molar-refractivity contribution in [2.75, 3.05) is 29.9 Å². The van der Waals surface area contributed by atoms with Crippen molar-refractivity contribution in [2.45, 2.75) is 39.5 Å². The summed E-state index contributed by atoms with van der Waals surface area (Å²) < 4.78 is 0. The standard InChI is InChI=1S/C20H28ClN5OSi/c1-14-12-18(21)23-24-19(14)25-10-11-26(15(2)13-25)20(27)22-16-6-8-17(9-7-16)28(3,4)5/h6-9,12,15H,10-11,13H2,1-5H3,(H,22,27). The molecule has 0 spiro atoms. The van der Waals surface area contributed by atoms with Crippen LogP contribution in [0.15, 0.2) is 30.3 Å². The number of nitrogens with zero attached hydrogens (tertiary/aromatic N) is 4. The molecule has 2 aromatic rings. The van der Waals surface area contributed by atoms with Crippen LogP contribution in [0, 0.1) is 6.92 Å². The number of amides is 2. The second kappa shape index (κ2) is 8.09. The molecule has 3 rings (SSSR count). The molecule has 150 valence electrons. The molecule has 1 aromatic heterocycles. The van der Waals surface area contributed by atoms with E-state index in [9.17, 15) is 4.79 Å². The van der Waals surface area contributed by atoms with Gasteiger partial charge in [-0.25, -0.2) is 4.79 Å². The third kappa shape index (κ3) is 4.64. The second-order valence-corrected chi connectivity index (χ2v) is 13.9. The summed E-state index contributed by atoms with van der Waals surface area (Å²) in [5, 5.41) is 13.0. The van der Waals surface area contributed by atoms with Crippen LogP contribution < -0.4 is 15.4 Å². The number of anilines is 2. The molecule has 1 fully saturated rings. The Morgan fingerprint density at radius 2 is 1.86 bits per heavy atom. The van der Waals surface area contributed by atoms with Crippen molar-refractivity contribution < 1.29 is 4.79 Å². The molecular weight excluding hydrogens is 390 g/mol. The van der Waals surface area contributed by atoms with Crippen molar-refractivity contribution in [1.82, 2.24) is 15.1 Å².